The fraction of sp³-hybridized carbons (Fsp3) is 0.400. The van der Waals surface area contributed by atoms with E-state index < -0.39 is 5.97 Å². The number of benzene rings is 1. The molecule has 0 bridgehead atoms. The lowest BCUT2D eigenvalue weighted by Crippen LogP contribution is -2.34. The van der Waals surface area contributed by atoms with Crippen molar-refractivity contribution in [2.45, 2.75) is 13.3 Å². The molecule has 0 radical (unpaired) electrons. The molecule has 0 amide bonds. The van der Waals surface area contributed by atoms with E-state index in [0.29, 0.717) is 35.3 Å². The van der Waals surface area contributed by atoms with Crippen molar-refractivity contribution >= 4 is 29.0 Å². The number of thiocarbonyl (C=S) groups is 1. The fourth-order valence-electron chi connectivity index (χ4n) is 1.81. The Morgan fingerprint density at radius 1 is 1.39 bits per heavy atom. The Labute approximate surface area is 140 Å². The molecule has 0 aliphatic rings. The third kappa shape index (κ3) is 6.62. The first kappa shape index (κ1) is 18.9. The first-order valence-electron chi connectivity index (χ1n) is 6.94. The number of hydrazone groups is 1. The van der Waals surface area contributed by atoms with Crippen LogP contribution < -0.4 is 15.5 Å². The van der Waals surface area contributed by atoms with Gasteiger partial charge in [-0.15, -0.1) is 0 Å². The van der Waals surface area contributed by atoms with E-state index in [-0.39, 0.29) is 6.42 Å². The van der Waals surface area contributed by atoms with Gasteiger partial charge in [-0.2, -0.15) is 5.10 Å². The van der Waals surface area contributed by atoms with E-state index in [1.165, 1.54) is 7.11 Å². The number of carboxylic acids is 1. The summed E-state index contributed by atoms with van der Waals surface area (Å²) in [7, 11) is 3.12. The summed E-state index contributed by atoms with van der Waals surface area (Å²) in [5.74, 6) is -0.384. The van der Waals surface area contributed by atoms with Gasteiger partial charge in [-0.25, -0.2) is 0 Å². The normalized spacial score (nSPS) is 11.0. The number of hydrogen-bond donors (Lipinski definition) is 3. The summed E-state index contributed by atoms with van der Waals surface area (Å²) in [5.41, 5.74) is 4.79. The summed E-state index contributed by atoms with van der Waals surface area (Å²) in [6.07, 6.45) is -0.116. The van der Waals surface area contributed by atoms with Crippen LogP contribution in [-0.2, 0) is 16.0 Å². The van der Waals surface area contributed by atoms with Gasteiger partial charge in [-0.1, -0.05) is 0 Å². The van der Waals surface area contributed by atoms with E-state index in [4.69, 9.17) is 26.8 Å². The number of carboxylic acid groups (broad SMARTS) is 1. The minimum atomic E-state index is -0.920. The molecular weight excluding hydrogens is 318 g/mol. The second-order valence-corrected chi connectivity index (χ2v) is 5.06. The second kappa shape index (κ2) is 9.75. The lowest BCUT2D eigenvalue weighted by Gasteiger charge is -2.10. The van der Waals surface area contributed by atoms with Crippen LogP contribution in [0.15, 0.2) is 23.3 Å². The van der Waals surface area contributed by atoms with Crippen molar-refractivity contribution in [1.29, 1.82) is 0 Å². The largest absolute Gasteiger partial charge is 0.496 e. The topological polar surface area (TPSA) is 92.2 Å². The first-order valence-corrected chi connectivity index (χ1v) is 7.35. The van der Waals surface area contributed by atoms with Gasteiger partial charge >= 0.3 is 5.97 Å². The predicted octanol–water partition coefficient (Wildman–Crippen LogP) is 1.16. The van der Waals surface area contributed by atoms with Crippen LogP contribution in [0.5, 0.6) is 5.75 Å². The molecule has 126 valence electrons. The highest BCUT2D eigenvalue weighted by Crippen LogP contribution is 2.21. The quantitative estimate of drug-likeness (QED) is 0.283. The summed E-state index contributed by atoms with van der Waals surface area (Å²) in [4.78, 5) is 10.9. The molecule has 7 nitrogen and oxygen atoms in total. The summed E-state index contributed by atoms with van der Waals surface area (Å²) < 4.78 is 10.1. The van der Waals surface area contributed by atoms with E-state index in [1.54, 1.807) is 26.2 Å². The molecule has 0 aliphatic carbocycles. The third-order valence-corrected chi connectivity index (χ3v) is 3.19. The molecule has 8 heteroatoms. The Morgan fingerprint density at radius 3 is 2.74 bits per heavy atom. The highest BCUT2D eigenvalue weighted by molar-refractivity contribution is 7.80. The van der Waals surface area contributed by atoms with E-state index >= 15 is 0 Å². The number of ether oxygens (including phenoxy) is 2. The number of hydrogen-bond acceptors (Lipinski definition) is 5. The summed E-state index contributed by atoms with van der Waals surface area (Å²) in [6.45, 7) is 2.93. The van der Waals surface area contributed by atoms with Gasteiger partial charge in [0.05, 0.1) is 25.8 Å². The van der Waals surface area contributed by atoms with Gasteiger partial charge in [0.2, 0.25) is 0 Å². The first-order chi connectivity index (χ1) is 11.0. The average Bonchev–Trinajstić information content (AvgIpc) is 2.52. The average molecular weight is 339 g/mol. The zero-order valence-corrected chi connectivity index (χ0v) is 14.2. The molecular formula is C15H21N3O4S. The molecule has 0 saturated carbocycles. The molecule has 1 aromatic rings. The molecule has 1 rings (SSSR count). The molecule has 0 heterocycles. The van der Waals surface area contributed by atoms with Crippen LogP contribution in [0.1, 0.15) is 18.1 Å². The molecule has 0 saturated heterocycles. The van der Waals surface area contributed by atoms with Crippen molar-refractivity contribution in [1.82, 2.24) is 10.7 Å². The summed E-state index contributed by atoms with van der Waals surface area (Å²) in [5, 5.41) is 16.5. The van der Waals surface area contributed by atoms with E-state index in [9.17, 15) is 4.79 Å². The SMILES string of the molecule is COCCNC(=S)N/N=C(/C)c1ccc(OC)c(CC(=O)O)c1. The van der Waals surface area contributed by atoms with Crippen LogP contribution in [-0.4, -0.2) is 49.3 Å². The minimum absolute atomic E-state index is 0.116. The minimum Gasteiger partial charge on any atom is -0.496 e. The number of nitrogens with zero attached hydrogens (tertiary/aromatic N) is 1. The number of rotatable bonds is 8. The second-order valence-electron chi connectivity index (χ2n) is 4.65. The molecule has 0 spiro atoms. The predicted molar refractivity (Wildman–Crippen MR) is 92.2 cm³/mol. The Hall–Kier alpha value is -2.19. The van der Waals surface area contributed by atoms with Gasteiger partial charge in [-0.05, 0) is 42.9 Å². The van der Waals surface area contributed by atoms with Crippen molar-refractivity contribution in [3.8, 4) is 5.75 Å². The number of carbonyl (C=O) groups is 1. The maximum atomic E-state index is 10.9. The number of aliphatic carboxylic acids is 1. The Balaban J connectivity index is 2.78. The maximum Gasteiger partial charge on any atom is 0.307 e. The maximum absolute atomic E-state index is 10.9. The Kier molecular flexibility index (Phi) is 8.00. The van der Waals surface area contributed by atoms with Crippen molar-refractivity contribution in [3.05, 3.63) is 29.3 Å². The fourth-order valence-corrected chi connectivity index (χ4v) is 1.96. The van der Waals surface area contributed by atoms with Crippen LogP contribution >= 0.6 is 12.2 Å². The highest BCUT2D eigenvalue weighted by atomic mass is 32.1. The van der Waals surface area contributed by atoms with Gasteiger partial charge in [0, 0.05) is 19.2 Å². The van der Waals surface area contributed by atoms with Gasteiger partial charge in [0.15, 0.2) is 5.11 Å². The van der Waals surface area contributed by atoms with Gasteiger partial charge in [-0.3, -0.25) is 10.2 Å². The van der Waals surface area contributed by atoms with E-state index in [1.807, 2.05) is 6.07 Å². The van der Waals surface area contributed by atoms with Crippen molar-refractivity contribution in [2.75, 3.05) is 27.4 Å². The van der Waals surface area contributed by atoms with Gasteiger partial charge in [0.25, 0.3) is 0 Å². The molecule has 23 heavy (non-hydrogen) atoms. The van der Waals surface area contributed by atoms with Crippen LogP contribution in [0.3, 0.4) is 0 Å². The van der Waals surface area contributed by atoms with Crippen LogP contribution in [0.2, 0.25) is 0 Å². The number of nitrogens with one attached hydrogen (secondary N) is 2. The zero-order chi connectivity index (χ0) is 17.2. The van der Waals surface area contributed by atoms with E-state index in [2.05, 4.69) is 15.8 Å². The standard InChI is InChI=1S/C15H21N3O4S/c1-10(17-18-15(23)16-6-7-21-2)11-4-5-13(22-3)12(8-11)9-14(19)20/h4-5,8H,6-7,9H2,1-3H3,(H,19,20)(H2,16,18,23)/b17-10-. The number of methoxy groups -OCH3 is 2. The Bertz CT molecular complexity index is 590. The zero-order valence-electron chi connectivity index (χ0n) is 13.4. The van der Waals surface area contributed by atoms with E-state index in [0.717, 1.165) is 5.56 Å². The summed E-state index contributed by atoms with van der Waals surface area (Å²) in [6, 6.07) is 5.28. The molecule has 0 unspecified atom stereocenters. The Morgan fingerprint density at radius 2 is 2.13 bits per heavy atom. The highest BCUT2D eigenvalue weighted by Gasteiger charge is 2.10. The molecule has 3 N–H and O–H groups in total. The lowest BCUT2D eigenvalue weighted by atomic mass is 10.0. The molecule has 1 aromatic carbocycles. The third-order valence-electron chi connectivity index (χ3n) is 2.96. The monoisotopic (exact) mass is 339 g/mol. The van der Waals surface area contributed by atoms with Gasteiger partial charge in [0.1, 0.15) is 5.75 Å². The van der Waals surface area contributed by atoms with Crippen LogP contribution in [0, 0.1) is 0 Å². The van der Waals surface area contributed by atoms with Crippen LogP contribution in [0.4, 0.5) is 0 Å². The van der Waals surface area contributed by atoms with Crippen LogP contribution in [0.25, 0.3) is 0 Å². The molecule has 0 aromatic heterocycles. The summed E-state index contributed by atoms with van der Waals surface area (Å²) >= 11 is 5.08. The smallest absolute Gasteiger partial charge is 0.307 e. The van der Waals surface area contributed by atoms with Crippen molar-refractivity contribution in [3.63, 3.8) is 0 Å². The van der Waals surface area contributed by atoms with Gasteiger partial charge < -0.3 is 19.9 Å². The lowest BCUT2D eigenvalue weighted by molar-refractivity contribution is -0.136. The molecule has 0 atom stereocenters. The van der Waals surface area contributed by atoms with Crippen molar-refractivity contribution in [2.24, 2.45) is 5.10 Å². The van der Waals surface area contributed by atoms with Crippen molar-refractivity contribution < 1.29 is 19.4 Å². The molecule has 0 fully saturated rings. The molecule has 0 aliphatic heterocycles.